The summed E-state index contributed by atoms with van der Waals surface area (Å²) in [6.07, 6.45) is 1.64. The number of carbonyl (C=O) groups is 2. The van der Waals surface area contributed by atoms with Crippen LogP contribution in [0.5, 0.6) is 0 Å². The molecule has 1 amide bonds. The Labute approximate surface area is 109 Å². The molecule has 0 radical (unpaired) electrons. The number of esters is 1. The molecule has 1 aromatic carbocycles. The summed E-state index contributed by atoms with van der Waals surface area (Å²) in [4.78, 5) is 32.0. The van der Waals surface area contributed by atoms with Crippen LogP contribution in [-0.2, 0) is 14.3 Å². The fraction of sp³-hybridized carbons (Fsp3) is 0.167. The van der Waals surface area contributed by atoms with Gasteiger partial charge in [-0.05, 0) is 18.6 Å². The third kappa shape index (κ3) is 4.23. The molecule has 0 fully saturated rings. The number of ether oxygens (including phenoxy) is 1. The lowest BCUT2D eigenvalue weighted by molar-refractivity contribution is -0.384. The molecule has 0 aliphatic rings. The van der Waals surface area contributed by atoms with E-state index < -0.39 is 10.9 Å². The van der Waals surface area contributed by atoms with Gasteiger partial charge in [0.05, 0.1) is 11.5 Å². The van der Waals surface area contributed by atoms with Gasteiger partial charge >= 0.3 is 5.97 Å². The number of nitrogens with one attached hydrogen (secondary N) is 1. The van der Waals surface area contributed by atoms with Crippen LogP contribution in [0.15, 0.2) is 30.0 Å². The summed E-state index contributed by atoms with van der Waals surface area (Å²) in [7, 11) is 0. The molecule has 100 valence electrons. The van der Waals surface area contributed by atoms with E-state index in [9.17, 15) is 19.7 Å². The minimum Gasteiger partial charge on any atom is -0.461 e. The SMILES string of the molecule is CCOC(=O)/C(=C\c1cccc([N+](=O)[O-])c1)NC=O. The van der Waals surface area contributed by atoms with Crippen molar-refractivity contribution in [3.05, 3.63) is 45.6 Å². The van der Waals surface area contributed by atoms with Crippen molar-refractivity contribution in [1.29, 1.82) is 0 Å². The van der Waals surface area contributed by atoms with E-state index in [4.69, 9.17) is 4.74 Å². The van der Waals surface area contributed by atoms with Gasteiger partial charge in [0.15, 0.2) is 0 Å². The number of benzene rings is 1. The average molecular weight is 264 g/mol. The predicted octanol–water partition coefficient (Wildman–Crippen LogP) is 1.24. The van der Waals surface area contributed by atoms with Gasteiger partial charge in [-0.2, -0.15) is 0 Å². The molecule has 0 spiro atoms. The van der Waals surface area contributed by atoms with Crippen molar-refractivity contribution >= 4 is 24.1 Å². The van der Waals surface area contributed by atoms with Gasteiger partial charge in [-0.15, -0.1) is 0 Å². The van der Waals surface area contributed by atoms with Gasteiger partial charge in [0.25, 0.3) is 5.69 Å². The molecule has 0 unspecified atom stereocenters. The first kappa shape index (κ1) is 14.4. The summed E-state index contributed by atoms with van der Waals surface area (Å²) in [5, 5.41) is 12.8. The van der Waals surface area contributed by atoms with Crippen molar-refractivity contribution in [3.8, 4) is 0 Å². The lowest BCUT2D eigenvalue weighted by atomic mass is 10.1. The molecule has 0 bridgehead atoms. The van der Waals surface area contributed by atoms with Crippen LogP contribution < -0.4 is 5.32 Å². The Kier molecular flexibility index (Phi) is 5.21. The number of nitrogens with zero attached hydrogens (tertiary/aromatic N) is 1. The highest BCUT2D eigenvalue weighted by Crippen LogP contribution is 2.15. The van der Waals surface area contributed by atoms with Crippen LogP contribution in [0.3, 0.4) is 0 Å². The van der Waals surface area contributed by atoms with Crippen molar-refractivity contribution in [3.63, 3.8) is 0 Å². The molecule has 1 rings (SSSR count). The topological polar surface area (TPSA) is 98.5 Å². The summed E-state index contributed by atoms with van der Waals surface area (Å²) >= 11 is 0. The van der Waals surface area contributed by atoms with Crippen LogP contribution in [0.1, 0.15) is 12.5 Å². The lowest BCUT2D eigenvalue weighted by Crippen LogP contribution is -2.20. The molecule has 0 aromatic heterocycles. The zero-order valence-corrected chi connectivity index (χ0v) is 10.2. The highest BCUT2D eigenvalue weighted by Gasteiger charge is 2.11. The van der Waals surface area contributed by atoms with Gasteiger partial charge < -0.3 is 10.1 Å². The Morgan fingerprint density at radius 1 is 1.53 bits per heavy atom. The zero-order chi connectivity index (χ0) is 14.3. The normalized spacial score (nSPS) is 10.7. The number of carbonyl (C=O) groups excluding carboxylic acids is 2. The second kappa shape index (κ2) is 6.90. The van der Waals surface area contributed by atoms with E-state index in [1.807, 2.05) is 0 Å². The van der Waals surface area contributed by atoms with Crippen LogP contribution in [0.25, 0.3) is 6.08 Å². The third-order valence-electron chi connectivity index (χ3n) is 2.10. The number of nitro benzene ring substituents is 1. The Balaban J connectivity index is 3.07. The molecule has 0 atom stereocenters. The number of hydrogen-bond acceptors (Lipinski definition) is 5. The predicted molar refractivity (Wildman–Crippen MR) is 66.9 cm³/mol. The molecule has 7 heteroatoms. The minimum absolute atomic E-state index is 0.0858. The van der Waals surface area contributed by atoms with Crippen molar-refractivity contribution in [2.75, 3.05) is 6.61 Å². The summed E-state index contributed by atoms with van der Waals surface area (Å²) in [5.41, 5.74) is 0.215. The zero-order valence-electron chi connectivity index (χ0n) is 10.2. The van der Waals surface area contributed by atoms with Crippen LogP contribution >= 0.6 is 0 Å². The molecular weight excluding hydrogens is 252 g/mol. The highest BCUT2D eigenvalue weighted by atomic mass is 16.6. The third-order valence-corrected chi connectivity index (χ3v) is 2.10. The summed E-state index contributed by atoms with van der Waals surface area (Å²) in [6, 6.07) is 5.66. The highest BCUT2D eigenvalue weighted by molar-refractivity contribution is 5.95. The minimum atomic E-state index is -0.707. The van der Waals surface area contributed by atoms with Crippen LogP contribution in [-0.4, -0.2) is 23.9 Å². The molecule has 0 heterocycles. The van der Waals surface area contributed by atoms with E-state index in [1.54, 1.807) is 13.0 Å². The number of non-ortho nitro benzene ring substituents is 1. The van der Waals surface area contributed by atoms with Gasteiger partial charge in [-0.3, -0.25) is 14.9 Å². The van der Waals surface area contributed by atoms with Crippen LogP contribution in [0.2, 0.25) is 0 Å². The summed E-state index contributed by atoms with van der Waals surface area (Å²) in [5.74, 6) is -0.707. The summed E-state index contributed by atoms with van der Waals surface area (Å²) < 4.78 is 4.74. The van der Waals surface area contributed by atoms with E-state index in [-0.39, 0.29) is 18.0 Å². The molecule has 0 aliphatic carbocycles. The van der Waals surface area contributed by atoms with Crippen molar-refractivity contribution in [2.45, 2.75) is 6.92 Å². The van der Waals surface area contributed by atoms with Gasteiger partial charge in [0.2, 0.25) is 6.41 Å². The van der Waals surface area contributed by atoms with Gasteiger partial charge in [0, 0.05) is 12.1 Å². The van der Waals surface area contributed by atoms with E-state index in [0.717, 1.165) is 0 Å². The van der Waals surface area contributed by atoms with Gasteiger partial charge in [-0.1, -0.05) is 12.1 Å². The van der Waals surface area contributed by atoms with Gasteiger partial charge in [-0.25, -0.2) is 4.79 Å². The van der Waals surface area contributed by atoms with Crippen molar-refractivity contribution in [2.24, 2.45) is 0 Å². The molecule has 1 aromatic rings. The molecule has 0 saturated carbocycles. The van der Waals surface area contributed by atoms with E-state index in [0.29, 0.717) is 12.0 Å². The fourth-order valence-electron chi connectivity index (χ4n) is 1.33. The first-order chi connectivity index (χ1) is 9.08. The molecule has 19 heavy (non-hydrogen) atoms. The monoisotopic (exact) mass is 264 g/mol. The smallest absolute Gasteiger partial charge is 0.354 e. The van der Waals surface area contributed by atoms with E-state index >= 15 is 0 Å². The second-order valence-corrected chi connectivity index (χ2v) is 3.39. The molecular formula is C12H12N2O5. The largest absolute Gasteiger partial charge is 0.461 e. The van der Waals surface area contributed by atoms with Gasteiger partial charge in [0.1, 0.15) is 5.70 Å². The number of rotatable bonds is 6. The maximum Gasteiger partial charge on any atom is 0.354 e. The first-order valence-corrected chi connectivity index (χ1v) is 5.42. The molecule has 1 N–H and O–H groups in total. The average Bonchev–Trinajstić information content (AvgIpc) is 2.39. The standard InChI is InChI=1S/C12H12N2O5/c1-2-19-12(16)11(13-8-15)7-9-4-3-5-10(6-9)14(17)18/h3-8H,2H2,1H3,(H,13,15)/b11-7+. The Bertz CT molecular complexity index is 525. The second-order valence-electron chi connectivity index (χ2n) is 3.39. The maximum absolute atomic E-state index is 11.5. The fourth-order valence-corrected chi connectivity index (χ4v) is 1.33. The quantitative estimate of drug-likeness (QED) is 0.274. The first-order valence-electron chi connectivity index (χ1n) is 5.42. The van der Waals surface area contributed by atoms with Crippen LogP contribution in [0.4, 0.5) is 5.69 Å². The Morgan fingerprint density at radius 2 is 2.26 bits per heavy atom. The van der Waals surface area contributed by atoms with Crippen molar-refractivity contribution in [1.82, 2.24) is 5.32 Å². The number of nitro groups is 1. The lowest BCUT2D eigenvalue weighted by Gasteiger charge is -2.05. The van der Waals surface area contributed by atoms with Crippen molar-refractivity contribution < 1.29 is 19.2 Å². The van der Waals surface area contributed by atoms with Crippen LogP contribution in [0, 0.1) is 10.1 Å². The Morgan fingerprint density at radius 3 is 2.84 bits per heavy atom. The van der Waals surface area contributed by atoms with E-state index in [1.165, 1.54) is 24.3 Å². The Hall–Kier alpha value is -2.70. The number of amides is 1. The van der Waals surface area contributed by atoms with E-state index in [2.05, 4.69) is 5.32 Å². The number of hydrogen-bond donors (Lipinski definition) is 1. The molecule has 0 saturated heterocycles. The molecule has 0 aliphatic heterocycles. The molecule has 7 nitrogen and oxygen atoms in total. The summed E-state index contributed by atoms with van der Waals surface area (Å²) in [6.45, 7) is 1.79. The maximum atomic E-state index is 11.5.